The maximum atomic E-state index is 13.0. The van der Waals surface area contributed by atoms with Gasteiger partial charge in [-0.25, -0.2) is 12.7 Å². The van der Waals surface area contributed by atoms with E-state index in [0.717, 1.165) is 12.8 Å². The van der Waals surface area contributed by atoms with Crippen molar-refractivity contribution >= 4 is 33.3 Å². The third kappa shape index (κ3) is 2.93. The van der Waals surface area contributed by atoms with Crippen LogP contribution in [0.15, 0.2) is 24.3 Å². The van der Waals surface area contributed by atoms with Crippen molar-refractivity contribution in [2.45, 2.75) is 19.8 Å². The molecule has 0 spiro atoms. The van der Waals surface area contributed by atoms with Gasteiger partial charge < -0.3 is 10.6 Å². The fourth-order valence-corrected chi connectivity index (χ4v) is 5.87. The monoisotopic (exact) mass is 405 g/mol. The van der Waals surface area contributed by atoms with Crippen molar-refractivity contribution in [1.29, 1.82) is 0 Å². The lowest BCUT2D eigenvalue weighted by atomic mass is 9.92. The van der Waals surface area contributed by atoms with Gasteiger partial charge in [-0.2, -0.15) is 0 Å². The minimum Gasteiger partial charge on any atom is -0.355 e. The maximum Gasteiger partial charge on any atom is 0.229 e. The Kier molecular flexibility index (Phi) is 4.54. The Morgan fingerprint density at radius 1 is 1.25 bits per heavy atom. The van der Waals surface area contributed by atoms with Gasteiger partial charge in [0, 0.05) is 25.2 Å². The van der Waals surface area contributed by atoms with E-state index in [4.69, 9.17) is 0 Å². The second-order valence-corrected chi connectivity index (χ2v) is 9.90. The number of carbonyl (C=O) groups is 3. The third-order valence-electron chi connectivity index (χ3n) is 6.12. The summed E-state index contributed by atoms with van der Waals surface area (Å²) < 4.78 is 26.0. The number of fused-ring (bicyclic) bond motifs is 2. The molecule has 1 aliphatic carbocycles. The molecule has 2 fully saturated rings. The highest BCUT2D eigenvalue weighted by atomic mass is 32.2. The van der Waals surface area contributed by atoms with Gasteiger partial charge in [-0.3, -0.25) is 14.4 Å². The molecule has 3 atom stereocenters. The molecule has 150 valence electrons. The first kappa shape index (κ1) is 19.1. The number of amides is 2. The Morgan fingerprint density at radius 2 is 1.93 bits per heavy atom. The standard InChI is InChI=1S/C19H23N3O5S/c1-19-14(17(24)20-8-11-28(26,27)22-9-4-5-10-22)15(19)18(25)21-13-7-3-2-6-12(13)16(19)23/h2-3,6-7,14-15H,4-5,8-11H2,1H3,(H,20,24)(H,21,25)/t14-,15?,19+/m0/s1. The Bertz CT molecular complexity index is 954. The van der Waals surface area contributed by atoms with Crippen LogP contribution in [0.1, 0.15) is 30.1 Å². The molecule has 4 rings (SSSR count). The number of hydrogen-bond acceptors (Lipinski definition) is 5. The van der Waals surface area contributed by atoms with Crippen LogP contribution in [0.2, 0.25) is 0 Å². The Morgan fingerprint density at radius 3 is 2.64 bits per heavy atom. The summed E-state index contributed by atoms with van der Waals surface area (Å²) in [5.74, 6) is -2.77. The number of Topliss-reactive ketones (excluding diaryl/α,β-unsaturated/α-hetero) is 1. The molecule has 8 nitrogen and oxygen atoms in total. The van der Waals surface area contributed by atoms with E-state index in [0.29, 0.717) is 24.3 Å². The van der Waals surface area contributed by atoms with Gasteiger partial charge in [0.2, 0.25) is 21.8 Å². The van der Waals surface area contributed by atoms with Crippen LogP contribution in [0, 0.1) is 17.3 Å². The average Bonchev–Trinajstić information content (AvgIpc) is 3.03. The molecule has 1 unspecified atom stereocenters. The lowest BCUT2D eigenvalue weighted by Crippen LogP contribution is -2.37. The second-order valence-electron chi connectivity index (χ2n) is 7.82. The molecule has 9 heteroatoms. The van der Waals surface area contributed by atoms with Gasteiger partial charge >= 0.3 is 0 Å². The van der Waals surface area contributed by atoms with Gasteiger partial charge in [-0.1, -0.05) is 19.1 Å². The first-order valence-corrected chi connectivity index (χ1v) is 11.1. The average molecular weight is 405 g/mol. The molecule has 28 heavy (non-hydrogen) atoms. The Labute approximate surface area is 163 Å². The molecule has 1 aromatic carbocycles. The van der Waals surface area contributed by atoms with E-state index in [9.17, 15) is 22.8 Å². The molecule has 1 saturated heterocycles. The van der Waals surface area contributed by atoms with Crippen molar-refractivity contribution in [2.75, 3.05) is 30.7 Å². The Hall–Kier alpha value is -2.26. The fourth-order valence-electron chi connectivity index (χ4n) is 4.44. The summed E-state index contributed by atoms with van der Waals surface area (Å²) in [6, 6.07) is 6.75. The molecule has 1 aromatic rings. The third-order valence-corrected chi connectivity index (χ3v) is 7.99. The Balaban J connectivity index is 1.44. The number of nitrogens with zero attached hydrogens (tertiary/aromatic N) is 1. The van der Waals surface area contributed by atoms with Crippen LogP contribution in [0.5, 0.6) is 0 Å². The smallest absolute Gasteiger partial charge is 0.229 e. The van der Waals surface area contributed by atoms with Gasteiger partial charge in [0.05, 0.1) is 28.7 Å². The number of sulfonamides is 1. The summed E-state index contributed by atoms with van der Waals surface area (Å²) in [6.45, 7) is 2.64. The first-order chi connectivity index (χ1) is 13.3. The molecule has 0 radical (unpaired) electrons. The molecule has 2 aliphatic heterocycles. The summed E-state index contributed by atoms with van der Waals surface area (Å²) in [7, 11) is -3.40. The molecule has 2 heterocycles. The fraction of sp³-hybridized carbons (Fsp3) is 0.526. The lowest BCUT2D eigenvalue weighted by Gasteiger charge is -2.16. The molecular weight excluding hydrogens is 382 g/mol. The number of ketones is 1. The van der Waals surface area contributed by atoms with Crippen molar-refractivity contribution in [2.24, 2.45) is 17.3 Å². The van der Waals surface area contributed by atoms with Gasteiger partial charge in [-0.15, -0.1) is 0 Å². The van der Waals surface area contributed by atoms with Crippen molar-refractivity contribution < 1.29 is 22.8 Å². The number of para-hydroxylation sites is 1. The number of nitrogens with one attached hydrogen (secondary N) is 2. The quantitative estimate of drug-likeness (QED) is 0.746. The minimum atomic E-state index is -3.40. The number of anilines is 1. The maximum absolute atomic E-state index is 13.0. The van der Waals surface area contributed by atoms with E-state index in [1.807, 2.05) is 0 Å². The van der Waals surface area contributed by atoms with Crippen LogP contribution < -0.4 is 10.6 Å². The zero-order valence-electron chi connectivity index (χ0n) is 15.6. The van der Waals surface area contributed by atoms with E-state index >= 15 is 0 Å². The van der Waals surface area contributed by atoms with Gasteiger partial charge in [-0.05, 0) is 25.0 Å². The van der Waals surface area contributed by atoms with E-state index in [2.05, 4.69) is 10.6 Å². The molecule has 2 amide bonds. The SMILES string of the molecule is C[C@]12C(=O)c3ccccc3NC(=O)C1[C@H]2C(=O)NCCS(=O)(=O)N1CCCC1. The zero-order valence-corrected chi connectivity index (χ0v) is 16.4. The van der Waals surface area contributed by atoms with Crippen LogP contribution in [0.25, 0.3) is 0 Å². The summed E-state index contributed by atoms with van der Waals surface area (Å²) in [5, 5.41) is 5.34. The van der Waals surface area contributed by atoms with Gasteiger partial charge in [0.15, 0.2) is 5.78 Å². The summed E-state index contributed by atoms with van der Waals surface area (Å²) in [6.07, 6.45) is 1.71. The van der Waals surface area contributed by atoms with E-state index < -0.39 is 33.2 Å². The van der Waals surface area contributed by atoms with Crippen LogP contribution in [-0.4, -0.2) is 55.7 Å². The topological polar surface area (TPSA) is 113 Å². The molecule has 1 saturated carbocycles. The number of benzene rings is 1. The second kappa shape index (κ2) is 6.66. The van der Waals surface area contributed by atoms with Crippen LogP contribution in [0.3, 0.4) is 0 Å². The van der Waals surface area contributed by atoms with Crippen molar-refractivity contribution in [1.82, 2.24) is 9.62 Å². The lowest BCUT2D eigenvalue weighted by molar-refractivity contribution is -0.125. The molecular formula is C19H23N3O5S. The first-order valence-electron chi connectivity index (χ1n) is 9.47. The molecule has 3 aliphatic rings. The minimum absolute atomic E-state index is 0.0383. The van der Waals surface area contributed by atoms with Crippen LogP contribution in [0.4, 0.5) is 5.69 Å². The highest BCUT2D eigenvalue weighted by Crippen LogP contribution is 2.62. The predicted octanol–water partition coefficient (Wildman–Crippen LogP) is 0.616. The summed E-state index contributed by atoms with van der Waals surface area (Å²) in [5.41, 5.74) is -0.247. The molecule has 0 aromatic heterocycles. The van der Waals surface area contributed by atoms with Gasteiger partial charge in [0.25, 0.3) is 0 Å². The number of hydrogen-bond donors (Lipinski definition) is 2. The van der Waals surface area contributed by atoms with E-state index in [1.165, 1.54) is 4.31 Å². The molecule has 2 N–H and O–H groups in total. The summed E-state index contributed by atoms with van der Waals surface area (Å²) in [4.78, 5) is 38.2. The van der Waals surface area contributed by atoms with Crippen molar-refractivity contribution in [3.63, 3.8) is 0 Å². The van der Waals surface area contributed by atoms with E-state index in [-0.39, 0.29) is 24.0 Å². The highest BCUT2D eigenvalue weighted by molar-refractivity contribution is 7.89. The highest BCUT2D eigenvalue weighted by Gasteiger charge is 2.73. The van der Waals surface area contributed by atoms with Crippen molar-refractivity contribution in [3.05, 3.63) is 29.8 Å². The van der Waals surface area contributed by atoms with Crippen LogP contribution in [-0.2, 0) is 19.6 Å². The zero-order chi connectivity index (χ0) is 20.1. The van der Waals surface area contributed by atoms with Gasteiger partial charge in [0.1, 0.15) is 0 Å². The number of carbonyl (C=O) groups excluding carboxylic acids is 3. The van der Waals surface area contributed by atoms with Crippen molar-refractivity contribution in [3.8, 4) is 0 Å². The largest absolute Gasteiger partial charge is 0.355 e. The predicted molar refractivity (Wildman–Crippen MR) is 102 cm³/mol. The van der Waals surface area contributed by atoms with E-state index in [1.54, 1.807) is 31.2 Å². The normalized spacial score (nSPS) is 29.5. The van der Waals surface area contributed by atoms with Crippen LogP contribution >= 0.6 is 0 Å². The number of rotatable bonds is 5. The summed E-state index contributed by atoms with van der Waals surface area (Å²) >= 11 is 0. The molecule has 0 bridgehead atoms.